The lowest BCUT2D eigenvalue weighted by Crippen LogP contribution is -2.26. The molecule has 1 aromatic rings. The van der Waals surface area contributed by atoms with Gasteiger partial charge in [0, 0.05) is 31.6 Å². The number of pyridine rings is 1. The standard InChI is InChI=1S/C11H16N2O2/c12-8-9-1-4-13-11(7-9)15-10-2-5-14-6-3-10/h1,4,7,10H,2-3,5-6,8,12H2. The molecule has 0 spiro atoms. The third kappa shape index (κ3) is 2.91. The summed E-state index contributed by atoms with van der Waals surface area (Å²) in [6, 6.07) is 3.80. The summed E-state index contributed by atoms with van der Waals surface area (Å²) in [5.74, 6) is 0.671. The van der Waals surface area contributed by atoms with E-state index in [1.165, 1.54) is 0 Å². The first-order valence-corrected chi connectivity index (χ1v) is 5.28. The zero-order valence-electron chi connectivity index (χ0n) is 8.69. The van der Waals surface area contributed by atoms with Gasteiger partial charge in [0.2, 0.25) is 5.88 Å². The van der Waals surface area contributed by atoms with Crippen LogP contribution >= 0.6 is 0 Å². The highest BCUT2D eigenvalue weighted by Crippen LogP contribution is 2.16. The lowest BCUT2D eigenvalue weighted by Gasteiger charge is -2.22. The minimum absolute atomic E-state index is 0.235. The maximum atomic E-state index is 5.75. The van der Waals surface area contributed by atoms with E-state index in [4.69, 9.17) is 15.2 Å². The normalized spacial score (nSPS) is 17.7. The highest BCUT2D eigenvalue weighted by Gasteiger charge is 2.15. The van der Waals surface area contributed by atoms with Crippen LogP contribution in [0, 0.1) is 0 Å². The largest absolute Gasteiger partial charge is 0.474 e. The van der Waals surface area contributed by atoms with Crippen molar-refractivity contribution in [1.29, 1.82) is 0 Å². The molecule has 0 bridgehead atoms. The molecule has 2 N–H and O–H groups in total. The van der Waals surface area contributed by atoms with Crippen molar-refractivity contribution in [2.45, 2.75) is 25.5 Å². The van der Waals surface area contributed by atoms with Crippen molar-refractivity contribution in [3.63, 3.8) is 0 Å². The number of nitrogens with zero attached hydrogens (tertiary/aromatic N) is 1. The van der Waals surface area contributed by atoms with Crippen LogP contribution < -0.4 is 10.5 Å². The highest BCUT2D eigenvalue weighted by molar-refractivity contribution is 5.20. The molecule has 82 valence electrons. The number of ether oxygens (including phenoxy) is 2. The van der Waals surface area contributed by atoms with Crippen LogP contribution in [-0.2, 0) is 11.3 Å². The fourth-order valence-electron chi connectivity index (χ4n) is 1.61. The van der Waals surface area contributed by atoms with Gasteiger partial charge in [-0.2, -0.15) is 0 Å². The lowest BCUT2D eigenvalue weighted by molar-refractivity contribution is 0.0237. The van der Waals surface area contributed by atoms with E-state index in [1.54, 1.807) is 6.20 Å². The number of nitrogens with two attached hydrogens (primary N) is 1. The Kier molecular flexibility index (Phi) is 3.53. The van der Waals surface area contributed by atoms with Gasteiger partial charge in [0.25, 0.3) is 0 Å². The molecule has 1 aliphatic heterocycles. The zero-order valence-corrected chi connectivity index (χ0v) is 8.69. The van der Waals surface area contributed by atoms with E-state index < -0.39 is 0 Å². The van der Waals surface area contributed by atoms with Crippen LogP contribution in [-0.4, -0.2) is 24.3 Å². The van der Waals surface area contributed by atoms with Crippen molar-refractivity contribution in [1.82, 2.24) is 4.98 Å². The van der Waals surface area contributed by atoms with Crippen molar-refractivity contribution < 1.29 is 9.47 Å². The molecule has 1 fully saturated rings. The topological polar surface area (TPSA) is 57.4 Å². The number of aromatic nitrogens is 1. The van der Waals surface area contributed by atoms with E-state index in [-0.39, 0.29) is 6.10 Å². The Morgan fingerprint density at radius 2 is 2.27 bits per heavy atom. The van der Waals surface area contributed by atoms with E-state index in [2.05, 4.69) is 4.98 Å². The molecule has 0 radical (unpaired) electrons. The summed E-state index contributed by atoms with van der Waals surface area (Å²) >= 11 is 0. The summed E-state index contributed by atoms with van der Waals surface area (Å²) < 4.78 is 11.0. The average Bonchev–Trinajstić information content (AvgIpc) is 2.31. The quantitative estimate of drug-likeness (QED) is 0.808. The molecule has 1 aromatic heterocycles. The van der Waals surface area contributed by atoms with E-state index in [9.17, 15) is 0 Å². The fraction of sp³-hybridized carbons (Fsp3) is 0.545. The molecule has 4 nitrogen and oxygen atoms in total. The van der Waals surface area contributed by atoms with Gasteiger partial charge in [-0.25, -0.2) is 4.98 Å². The van der Waals surface area contributed by atoms with Crippen LogP contribution in [0.1, 0.15) is 18.4 Å². The molecule has 0 saturated carbocycles. The van der Waals surface area contributed by atoms with Gasteiger partial charge < -0.3 is 15.2 Å². The van der Waals surface area contributed by atoms with Crippen LogP contribution in [0.3, 0.4) is 0 Å². The second-order valence-corrected chi connectivity index (χ2v) is 3.64. The second-order valence-electron chi connectivity index (χ2n) is 3.64. The second kappa shape index (κ2) is 5.09. The average molecular weight is 208 g/mol. The Bertz CT molecular complexity index is 311. The molecule has 0 aliphatic carbocycles. The van der Waals surface area contributed by atoms with Crippen molar-refractivity contribution in [3.8, 4) is 5.88 Å². The number of rotatable bonds is 3. The van der Waals surface area contributed by atoms with Crippen LogP contribution in [0.5, 0.6) is 5.88 Å². The van der Waals surface area contributed by atoms with Gasteiger partial charge in [-0.3, -0.25) is 0 Å². The molecule has 0 unspecified atom stereocenters. The fourth-order valence-corrected chi connectivity index (χ4v) is 1.61. The first kappa shape index (κ1) is 10.4. The van der Waals surface area contributed by atoms with Crippen LogP contribution in [0.25, 0.3) is 0 Å². The first-order chi connectivity index (χ1) is 7.38. The van der Waals surface area contributed by atoms with E-state index in [1.807, 2.05) is 12.1 Å². The molecular weight excluding hydrogens is 192 g/mol. The maximum absolute atomic E-state index is 5.75. The van der Waals surface area contributed by atoms with Crippen molar-refractivity contribution in [2.24, 2.45) is 5.73 Å². The summed E-state index contributed by atoms with van der Waals surface area (Å²) in [7, 11) is 0. The molecule has 4 heteroatoms. The Hall–Kier alpha value is -1.13. The third-order valence-electron chi connectivity index (χ3n) is 2.49. The van der Waals surface area contributed by atoms with E-state index >= 15 is 0 Å². The highest BCUT2D eigenvalue weighted by atomic mass is 16.5. The molecular formula is C11H16N2O2. The summed E-state index contributed by atoms with van der Waals surface area (Å²) in [5.41, 5.74) is 6.60. The van der Waals surface area contributed by atoms with Gasteiger partial charge in [0.05, 0.1) is 13.2 Å². The minimum atomic E-state index is 0.235. The minimum Gasteiger partial charge on any atom is -0.474 e. The Labute approximate surface area is 89.4 Å². The number of hydrogen-bond acceptors (Lipinski definition) is 4. The molecule has 1 saturated heterocycles. The summed E-state index contributed by atoms with van der Waals surface area (Å²) in [6.45, 7) is 2.08. The number of hydrogen-bond donors (Lipinski definition) is 1. The monoisotopic (exact) mass is 208 g/mol. The molecule has 15 heavy (non-hydrogen) atoms. The molecule has 1 aliphatic rings. The van der Waals surface area contributed by atoms with Crippen LogP contribution in [0.2, 0.25) is 0 Å². The predicted molar refractivity (Wildman–Crippen MR) is 56.6 cm³/mol. The third-order valence-corrected chi connectivity index (χ3v) is 2.49. The van der Waals surface area contributed by atoms with Gasteiger partial charge in [0.1, 0.15) is 6.10 Å². The smallest absolute Gasteiger partial charge is 0.213 e. The van der Waals surface area contributed by atoms with Gasteiger partial charge in [0.15, 0.2) is 0 Å². The van der Waals surface area contributed by atoms with Crippen molar-refractivity contribution in [2.75, 3.05) is 13.2 Å². The first-order valence-electron chi connectivity index (χ1n) is 5.28. The van der Waals surface area contributed by atoms with Gasteiger partial charge in [-0.05, 0) is 11.6 Å². The molecule has 2 heterocycles. The van der Waals surface area contributed by atoms with Gasteiger partial charge in [-0.15, -0.1) is 0 Å². The summed E-state index contributed by atoms with van der Waals surface area (Å²) in [4.78, 5) is 4.16. The summed E-state index contributed by atoms with van der Waals surface area (Å²) in [6.07, 6.45) is 3.85. The Morgan fingerprint density at radius 1 is 1.47 bits per heavy atom. The predicted octanol–water partition coefficient (Wildman–Crippen LogP) is 1.10. The Morgan fingerprint density at radius 3 is 3.00 bits per heavy atom. The van der Waals surface area contributed by atoms with E-state index in [0.717, 1.165) is 31.6 Å². The zero-order chi connectivity index (χ0) is 10.5. The summed E-state index contributed by atoms with van der Waals surface area (Å²) in [5, 5.41) is 0. The van der Waals surface area contributed by atoms with Crippen molar-refractivity contribution in [3.05, 3.63) is 23.9 Å². The molecule has 0 atom stereocenters. The lowest BCUT2D eigenvalue weighted by atomic mass is 10.1. The van der Waals surface area contributed by atoms with Gasteiger partial charge in [-0.1, -0.05) is 0 Å². The SMILES string of the molecule is NCc1ccnc(OC2CCOCC2)c1. The van der Waals surface area contributed by atoms with Crippen molar-refractivity contribution >= 4 is 0 Å². The Balaban J connectivity index is 1.96. The van der Waals surface area contributed by atoms with Crippen LogP contribution in [0.4, 0.5) is 0 Å². The molecule has 0 aromatic carbocycles. The molecule has 0 amide bonds. The van der Waals surface area contributed by atoms with Crippen LogP contribution in [0.15, 0.2) is 18.3 Å². The molecule has 2 rings (SSSR count). The van der Waals surface area contributed by atoms with E-state index in [0.29, 0.717) is 12.4 Å². The van der Waals surface area contributed by atoms with Gasteiger partial charge >= 0.3 is 0 Å². The maximum Gasteiger partial charge on any atom is 0.213 e.